The summed E-state index contributed by atoms with van der Waals surface area (Å²) in [6.07, 6.45) is 5.69. The maximum Gasteiger partial charge on any atom is 0.0948 e. The Hall–Kier alpha value is -1.62. The van der Waals surface area contributed by atoms with E-state index in [1.807, 2.05) is 30.5 Å². The van der Waals surface area contributed by atoms with Crippen molar-refractivity contribution >= 4 is 0 Å². The van der Waals surface area contributed by atoms with Crippen LogP contribution in [0.5, 0.6) is 0 Å². The van der Waals surface area contributed by atoms with Gasteiger partial charge in [0.2, 0.25) is 0 Å². The monoisotopic (exact) mass is 233 g/mol. The highest BCUT2D eigenvalue weighted by Gasteiger charge is 2.04. The third-order valence-corrected chi connectivity index (χ3v) is 3.10. The molecule has 2 aromatic rings. The maximum absolute atomic E-state index is 4.22. The molecule has 17 heavy (non-hydrogen) atoms. The molecule has 1 N–H and O–H groups in total. The summed E-state index contributed by atoms with van der Waals surface area (Å²) in [5, 5.41) is 7.64. The van der Waals surface area contributed by atoms with E-state index in [-0.39, 0.29) is 0 Å². The van der Waals surface area contributed by atoms with Crippen molar-refractivity contribution in [1.82, 2.24) is 24.6 Å². The molecule has 0 aromatic carbocycles. The fourth-order valence-electron chi connectivity index (χ4n) is 1.82. The second-order valence-corrected chi connectivity index (χ2v) is 4.15. The van der Waals surface area contributed by atoms with Crippen LogP contribution in [0.1, 0.15) is 23.9 Å². The zero-order valence-corrected chi connectivity index (χ0v) is 10.6. The van der Waals surface area contributed by atoms with Gasteiger partial charge < -0.3 is 9.88 Å². The fraction of sp³-hybridized carbons (Fsp3) is 0.500. The van der Waals surface area contributed by atoms with E-state index in [4.69, 9.17) is 0 Å². The Kier molecular flexibility index (Phi) is 3.58. The molecule has 0 aliphatic rings. The molecule has 0 saturated carbocycles. The van der Waals surface area contributed by atoms with Crippen molar-refractivity contribution in [2.24, 2.45) is 7.05 Å². The number of rotatable bonds is 5. The van der Waals surface area contributed by atoms with Gasteiger partial charge in [-0.15, -0.1) is 0 Å². The molecule has 5 heteroatoms. The predicted molar refractivity (Wildman–Crippen MR) is 66.4 cm³/mol. The molecule has 0 fully saturated rings. The van der Waals surface area contributed by atoms with Crippen LogP contribution in [0.2, 0.25) is 0 Å². The highest BCUT2D eigenvalue weighted by atomic mass is 15.3. The van der Waals surface area contributed by atoms with E-state index in [2.05, 4.69) is 33.8 Å². The number of nitrogens with one attached hydrogen (secondary N) is 1. The van der Waals surface area contributed by atoms with E-state index in [9.17, 15) is 0 Å². The van der Waals surface area contributed by atoms with Crippen molar-refractivity contribution in [2.45, 2.75) is 33.5 Å². The highest BCUT2D eigenvalue weighted by Crippen LogP contribution is 2.05. The molecule has 0 aliphatic heterocycles. The van der Waals surface area contributed by atoms with Gasteiger partial charge in [-0.1, -0.05) is 0 Å². The normalized spacial score (nSPS) is 11.0. The maximum atomic E-state index is 4.22. The van der Waals surface area contributed by atoms with Crippen LogP contribution < -0.4 is 5.32 Å². The summed E-state index contributed by atoms with van der Waals surface area (Å²) in [6.45, 7) is 6.84. The van der Waals surface area contributed by atoms with Gasteiger partial charge >= 0.3 is 0 Å². The van der Waals surface area contributed by atoms with Gasteiger partial charge in [0.1, 0.15) is 0 Å². The average Bonchev–Trinajstić information content (AvgIpc) is 2.90. The van der Waals surface area contributed by atoms with E-state index < -0.39 is 0 Å². The minimum Gasteiger partial charge on any atom is -0.334 e. The van der Waals surface area contributed by atoms with Gasteiger partial charge in [-0.3, -0.25) is 4.68 Å². The van der Waals surface area contributed by atoms with Crippen LogP contribution in [-0.4, -0.2) is 19.3 Å². The molecule has 0 aliphatic carbocycles. The lowest BCUT2D eigenvalue weighted by Gasteiger charge is -2.06. The first-order chi connectivity index (χ1) is 8.22. The van der Waals surface area contributed by atoms with Crippen LogP contribution in [0, 0.1) is 6.92 Å². The molecular weight excluding hydrogens is 214 g/mol. The minimum atomic E-state index is 0.835. The van der Waals surface area contributed by atoms with Crippen molar-refractivity contribution in [3.05, 3.63) is 35.7 Å². The largest absolute Gasteiger partial charge is 0.334 e. The molecule has 5 nitrogen and oxygen atoms in total. The number of hydrogen-bond acceptors (Lipinski definition) is 3. The Bertz CT molecular complexity index is 483. The molecular formula is C12H19N5. The molecule has 0 spiro atoms. The summed E-state index contributed by atoms with van der Waals surface area (Å²) < 4.78 is 4.04. The second kappa shape index (κ2) is 5.14. The van der Waals surface area contributed by atoms with Crippen LogP contribution in [0.4, 0.5) is 0 Å². The summed E-state index contributed by atoms with van der Waals surface area (Å²) in [5.41, 5.74) is 3.67. The van der Waals surface area contributed by atoms with Crippen molar-refractivity contribution in [1.29, 1.82) is 0 Å². The Morgan fingerprint density at radius 1 is 1.29 bits per heavy atom. The molecule has 2 aromatic heterocycles. The molecule has 0 unspecified atom stereocenters. The first-order valence-corrected chi connectivity index (χ1v) is 5.89. The number of imidazole rings is 1. The Morgan fingerprint density at radius 3 is 2.76 bits per heavy atom. The summed E-state index contributed by atoms with van der Waals surface area (Å²) in [5.74, 6) is 0. The molecule has 0 bridgehead atoms. The molecule has 0 radical (unpaired) electrons. The van der Waals surface area contributed by atoms with Gasteiger partial charge in [0.15, 0.2) is 0 Å². The number of hydrogen-bond donors (Lipinski definition) is 1. The smallest absolute Gasteiger partial charge is 0.0948 e. The van der Waals surface area contributed by atoms with Crippen molar-refractivity contribution in [3.8, 4) is 0 Å². The number of aromatic nitrogens is 4. The predicted octanol–water partition coefficient (Wildman–Crippen LogP) is 1.23. The lowest BCUT2D eigenvalue weighted by molar-refractivity contribution is 0.626. The Morgan fingerprint density at radius 2 is 2.12 bits per heavy atom. The van der Waals surface area contributed by atoms with Crippen molar-refractivity contribution < 1.29 is 0 Å². The van der Waals surface area contributed by atoms with Crippen LogP contribution in [0.25, 0.3) is 0 Å². The van der Waals surface area contributed by atoms with Crippen LogP contribution in [0.3, 0.4) is 0 Å². The quantitative estimate of drug-likeness (QED) is 0.845. The minimum absolute atomic E-state index is 0.835. The molecule has 92 valence electrons. The summed E-state index contributed by atoms with van der Waals surface area (Å²) >= 11 is 0. The van der Waals surface area contributed by atoms with E-state index >= 15 is 0 Å². The van der Waals surface area contributed by atoms with Crippen molar-refractivity contribution in [3.63, 3.8) is 0 Å². The fourth-order valence-corrected chi connectivity index (χ4v) is 1.82. The summed E-state index contributed by atoms with van der Waals surface area (Å²) in [4.78, 5) is 4.15. The molecule has 0 saturated heterocycles. The Labute approximate surface area is 101 Å². The zero-order valence-electron chi connectivity index (χ0n) is 10.6. The average molecular weight is 233 g/mol. The van der Waals surface area contributed by atoms with E-state index in [0.717, 1.165) is 19.6 Å². The first-order valence-electron chi connectivity index (χ1n) is 5.89. The molecule has 2 heterocycles. The second-order valence-electron chi connectivity index (χ2n) is 4.15. The van der Waals surface area contributed by atoms with Gasteiger partial charge in [0, 0.05) is 44.1 Å². The van der Waals surface area contributed by atoms with Gasteiger partial charge in [-0.25, -0.2) is 4.98 Å². The first kappa shape index (κ1) is 11.9. The van der Waals surface area contributed by atoms with E-state index in [1.54, 1.807) is 0 Å². The summed E-state index contributed by atoms with van der Waals surface area (Å²) in [6, 6.07) is 0. The van der Waals surface area contributed by atoms with E-state index in [0.29, 0.717) is 0 Å². The van der Waals surface area contributed by atoms with E-state index in [1.165, 1.54) is 17.0 Å². The van der Waals surface area contributed by atoms with Gasteiger partial charge in [0.25, 0.3) is 0 Å². The standard InChI is InChI=1S/C12H19N5/c1-4-17-9-14-8-12(17)7-13-5-11-6-15-16(3)10(11)2/h6,8-9,13H,4-5,7H2,1-3H3. The van der Waals surface area contributed by atoms with Crippen LogP contribution in [0.15, 0.2) is 18.7 Å². The Balaban J connectivity index is 1.90. The zero-order chi connectivity index (χ0) is 12.3. The topological polar surface area (TPSA) is 47.7 Å². The SMILES string of the molecule is CCn1cncc1CNCc1cnn(C)c1C. The lowest BCUT2D eigenvalue weighted by Crippen LogP contribution is -2.15. The van der Waals surface area contributed by atoms with Crippen LogP contribution >= 0.6 is 0 Å². The van der Waals surface area contributed by atoms with Gasteiger partial charge in [0.05, 0.1) is 18.2 Å². The number of aryl methyl sites for hydroxylation is 2. The van der Waals surface area contributed by atoms with Gasteiger partial charge in [-0.05, 0) is 13.8 Å². The molecule has 0 atom stereocenters. The van der Waals surface area contributed by atoms with Crippen molar-refractivity contribution in [2.75, 3.05) is 0 Å². The molecule has 0 amide bonds. The third-order valence-electron chi connectivity index (χ3n) is 3.10. The lowest BCUT2D eigenvalue weighted by atomic mass is 10.2. The highest BCUT2D eigenvalue weighted by molar-refractivity contribution is 5.15. The third kappa shape index (κ3) is 2.55. The molecule has 2 rings (SSSR count). The summed E-state index contributed by atoms with van der Waals surface area (Å²) in [7, 11) is 1.96. The van der Waals surface area contributed by atoms with Gasteiger partial charge in [-0.2, -0.15) is 5.10 Å². The van der Waals surface area contributed by atoms with Crippen LogP contribution in [-0.2, 0) is 26.7 Å². The number of nitrogens with zero attached hydrogens (tertiary/aromatic N) is 4.